The number of fused-ring (bicyclic) bond motifs is 1. The Hall–Kier alpha value is -2.28. The van der Waals surface area contributed by atoms with Crippen LogP contribution in [0.15, 0.2) is 40.5 Å². The summed E-state index contributed by atoms with van der Waals surface area (Å²) in [7, 11) is 1.58. The van der Waals surface area contributed by atoms with E-state index in [4.69, 9.17) is 9.47 Å². The van der Waals surface area contributed by atoms with Crippen LogP contribution in [0.2, 0.25) is 0 Å². The van der Waals surface area contributed by atoms with Gasteiger partial charge in [-0.3, -0.25) is 9.69 Å². The minimum atomic E-state index is -0.547. The van der Waals surface area contributed by atoms with Gasteiger partial charge in [0, 0.05) is 0 Å². The van der Waals surface area contributed by atoms with E-state index in [1.807, 2.05) is 24.3 Å². The quantitative estimate of drug-likeness (QED) is 0.784. The predicted molar refractivity (Wildman–Crippen MR) is 91.8 cm³/mol. The Morgan fingerprint density at radius 2 is 2.25 bits per heavy atom. The van der Waals surface area contributed by atoms with Crippen molar-refractivity contribution in [3.05, 3.63) is 41.1 Å². The van der Waals surface area contributed by atoms with E-state index in [1.165, 1.54) is 11.8 Å². The number of aliphatic imine (C=N–C) groups is 1. The smallest absolute Gasteiger partial charge is 0.338 e. The number of esters is 1. The largest absolute Gasteiger partial charge is 0.497 e. The maximum Gasteiger partial charge on any atom is 0.338 e. The van der Waals surface area contributed by atoms with Gasteiger partial charge >= 0.3 is 5.97 Å². The number of carbonyl (C=O) groups excluding carboxylic acids is 2. The summed E-state index contributed by atoms with van der Waals surface area (Å²) in [5.74, 6) is 0.468. The van der Waals surface area contributed by atoms with Gasteiger partial charge in [-0.25, -0.2) is 9.79 Å². The lowest BCUT2D eigenvalue weighted by Gasteiger charge is -2.33. The standard InChI is InChI=1S/C17H18N2O4S/c1-4-23-16(21)14-10(2)18-17-19(13(20)9-24-17)15(14)11-6-5-7-12(8-11)22-3/h5-8,15H,4,9H2,1-3H3. The highest BCUT2D eigenvalue weighted by molar-refractivity contribution is 8.15. The molecule has 0 aliphatic carbocycles. The molecule has 7 heteroatoms. The zero-order valence-corrected chi connectivity index (χ0v) is 14.6. The zero-order chi connectivity index (χ0) is 17.3. The maximum atomic E-state index is 12.5. The normalized spacial score (nSPS) is 20.0. The Bertz CT molecular complexity index is 757. The predicted octanol–water partition coefficient (Wildman–Crippen LogP) is 2.52. The summed E-state index contributed by atoms with van der Waals surface area (Å²) < 4.78 is 10.5. The third-order valence-electron chi connectivity index (χ3n) is 3.89. The summed E-state index contributed by atoms with van der Waals surface area (Å²) in [6.07, 6.45) is 0. The molecule has 2 aliphatic rings. The van der Waals surface area contributed by atoms with Crippen LogP contribution in [0.1, 0.15) is 25.5 Å². The number of rotatable bonds is 4. The van der Waals surface area contributed by atoms with Crippen molar-refractivity contribution in [3.63, 3.8) is 0 Å². The summed E-state index contributed by atoms with van der Waals surface area (Å²) in [5, 5.41) is 0.623. The number of ether oxygens (including phenoxy) is 2. The average Bonchev–Trinajstić information content (AvgIpc) is 2.94. The van der Waals surface area contributed by atoms with Crippen molar-refractivity contribution < 1.29 is 19.1 Å². The number of nitrogens with zero attached hydrogens (tertiary/aromatic N) is 2. The zero-order valence-electron chi connectivity index (χ0n) is 13.7. The topological polar surface area (TPSA) is 68.2 Å². The van der Waals surface area contributed by atoms with Gasteiger partial charge in [-0.2, -0.15) is 0 Å². The van der Waals surface area contributed by atoms with Crippen LogP contribution in [0.5, 0.6) is 5.75 Å². The third kappa shape index (κ3) is 2.80. The maximum absolute atomic E-state index is 12.5. The van der Waals surface area contributed by atoms with Crippen LogP contribution in [-0.4, -0.2) is 41.4 Å². The van der Waals surface area contributed by atoms with Crippen molar-refractivity contribution in [3.8, 4) is 5.75 Å². The van der Waals surface area contributed by atoms with Crippen molar-refractivity contribution in [1.29, 1.82) is 0 Å². The van der Waals surface area contributed by atoms with Gasteiger partial charge in [-0.05, 0) is 31.5 Å². The Morgan fingerprint density at radius 1 is 1.46 bits per heavy atom. The summed E-state index contributed by atoms with van der Waals surface area (Å²) in [4.78, 5) is 30.9. The van der Waals surface area contributed by atoms with E-state index in [0.717, 1.165) is 5.56 Å². The molecule has 1 fully saturated rings. The van der Waals surface area contributed by atoms with Crippen LogP contribution < -0.4 is 4.74 Å². The van der Waals surface area contributed by atoms with E-state index < -0.39 is 12.0 Å². The number of methoxy groups -OCH3 is 1. The van der Waals surface area contributed by atoms with Crippen LogP contribution in [-0.2, 0) is 14.3 Å². The molecule has 0 saturated carbocycles. The van der Waals surface area contributed by atoms with Crippen molar-refractivity contribution in [2.24, 2.45) is 4.99 Å². The van der Waals surface area contributed by atoms with Gasteiger partial charge in [0.2, 0.25) is 5.91 Å². The van der Waals surface area contributed by atoms with Crippen molar-refractivity contribution in [1.82, 2.24) is 4.90 Å². The first-order valence-corrected chi connectivity index (χ1v) is 8.60. The first-order valence-electron chi connectivity index (χ1n) is 7.62. The van der Waals surface area contributed by atoms with Crippen molar-refractivity contribution in [2.75, 3.05) is 19.5 Å². The Kier molecular flexibility index (Phi) is 4.62. The molecule has 126 valence electrons. The molecular weight excluding hydrogens is 328 g/mol. The molecule has 0 radical (unpaired) electrons. The molecule has 6 nitrogen and oxygen atoms in total. The molecule has 1 saturated heterocycles. The Labute approximate surface area is 144 Å². The lowest BCUT2D eigenvalue weighted by atomic mass is 9.94. The summed E-state index contributed by atoms with van der Waals surface area (Å²) >= 11 is 1.38. The third-order valence-corrected chi connectivity index (χ3v) is 4.83. The molecule has 24 heavy (non-hydrogen) atoms. The molecule has 1 unspecified atom stereocenters. The van der Waals surface area contributed by atoms with Crippen LogP contribution in [0.3, 0.4) is 0 Å². The number of hydrogen-bond acceptors (Lipinski definition) is 6. The average molecular weight is 346 g/mol. The minimum Gasteiger partial charge on any atom is -0.497 e. The monoisotopic (exact) mass is 346 g/mol. The van der Waals surface area contributed by atoms with Crippen molar-refractivity contribution >= 4 is 28.8 Å². The molecule has 0 N–H and O–H groups in total. The fourth-order valence-electron chi connectivity index (χ4n) is 2.84. The highest BCUT2D eigenvalue weighted by atomic mass is 32.2. The van der Waals surface area contributed by atoms with Crippen LogP contribution >= 0.6 is 11.8 Å². The van der Waals surface area contributed by atoms with Gasteiger partial charge in [-0.15, -0.1) is 0 Å². The second-order valence-corrected chi connectivity index (χ2v) is 6.29. The van der Waals surface area contributed by atoms with E-state index in [9.17, 15) is 9.59 Å². The molecule has 2 aliphatic heterocycles. The number of carbonyl (C=O) groups is 2. The molecule has 1 amide bonds. The molecule has 0 spiro atoms. The van der Waals surface area contributed by atoms with Gasteiger partial charge in [0.05, 0.1) is 36.8 Å². The van der Waals surface area contributed by atoms with E-state index in [0.29, 0.717) is 27.9 Å². The summed E-state index contributed by atoms with van der Waals surface area (Å²) in [6, 6.07) is 6.82. The molecule has 1 atom stereocenters. The van der Waals surface area contributed by atoms with Gasteiger partial charge in [-0.1, -0.05) is 23.9 Å². The van der Waals surface area contributed by atoms with Crippen LogP contribution in [0.4, 0.5) is 0 Å². The molecule has 1 aromatic rings. The fourth-order valence-corrected chi connectivity index (χ4v) is 3.78. The number of amides is 1. The van der Waals surface area contributed by atoms with Crippen molar-refractivity contribution in [2.45, 2.75) is 19.9 Å². The first-order chi connectivity index (χ1) is 11.6. The fraction of sp³-hybridized carbons (Fsp3) is 0.353. The van der Waals surface area contributed by atoms with Crippen LogP contribution in [0, 0.1) is 0 Å². The number of hydrogen-bond donors (Lipinski definition) is 0. The number of thioether (sulfide) groups is 1. The van der Waals surface area contributed by atoms with E-state index in [-0.39, 0.29) is 12.5 Å². The highest BCUT2D eigenvalue weighted by Crippen LogP contribution is 2.41. The van der Waals surface area contributed by atoms with E-state index in [2.05, 4.69) is 4.99 Å². The molecule has 2 heterocycles. The van der Waals surface area contributed by atoms with Crippen LogP contribution in [0.25, 0.3) is 0 Å². The second-order valence-electron chi connectivity index (χ2n) is 5.35. The van der Waals surface area contributed by atoms with Gasteiger partial charge in [0.25, 0.3) is 0 Å². The highest BCUT2D eigenvalue weighted by Gasteiger charge is 2.43. The Morgan fingerprint density at radius 3 is 2.96 bits per heavy atom. The van der Waals surface area contributed by atoms with Gasteiger partial charge in [0.1, 0.15) is 5.75 Å². The second kappa shape index (κ2) is 6.68. The molecule has 0 bridgehead atoms. The lowest BCUT2D eigenvalue weighted by Crippen LogP contribution is -2.39. The summed E-state index contributed by atoms with van der Waals surface area (Å²) in [5.41, 5.74) is 1.76. The SMILES string of the molecule is CCOC(=O)C1=C(C)N=C2SCC(=O)N2C1c1cccc(OC)c1. The molecule has 1 aromatic carbocycles. The lowest BCUT2D eigenvalue weighted by molar-refractivity contribution is -0.139. The number of allylic oxidation sites excluding steroid dienone is 1. The molecule has 3 rings (SSSR count). The van der Waals surface area contributed by atoms with Gasteiger partial charge < -0.3 is 9.47 Å². The summed E-state index contributed by atoms with van der Waals surface area (Å²) in [6.45, 7) is 3.79. The van der Waals surface area contributed by atoms with E-state index in [1.54, 1.807) is 25.9 Å². The minimum absolute atomic E-state index is 0.0686. The molecule has 0 aromatic heterocycles. The first kappa shape index (κ1) is 16.6. The van der Waals surface area contributed by atoms with E-state index >= 15 is 0 Å². The Balaban J connectivity index is 2.14. The number of benzene rings is 1. The number of amidine groups is 1. The molecular formula is C17H18N2O4S. The van der Waals surface area contributed by atoms with Gasteiger partial charge in [0.15, 0.2) is 5.17 Å².